The predicted molar refractivity (Wildman–Crippen MR) is 109 cm³/mol. The average molecular weight is 389 g/mol. The molecule has 0 saturated heterocycles. The van der Waals surface area contributed by atoms with Gasteiger partial charge in [0, 0.05) is 35.7 Å². The van der Waals surface area contributed by atoms with Gasteiger partial charge in [-0.2, -0.15) is 5.10 Å². The standard InChI is InChI=1S/C22H17ClN4O/c23-18-8-6-17(7-9-18)21-20(15-27(26-21)19-4-2-1-3-5-19)22(28)25-14-16-10-12-24-13-11-16/h1-13,15H,14H2,(H,25,28). The summed E-state index contributed by atoms with van der Waals surface area (Å²) in [6, 6.07) is 20.7. The fraction of sp³-hybridized carbons (Fsp3) is 0.0455. The predicted octanol–water partition coefficient (Wildman–Crippen LogP) is 4.52. The van der Waals surface area contributed by atoms with E-state index in [4.69, 9.17) is 11.6 Å². The Balaban J connectivity index is 1.68. The molecule has 2 heterocycles. The fourth-order valence-electron chi connectivity index (χ4n) is 2.85. The molecule has 0 radical (unpaired) electrons. The maximum absolute atomic E-state index is 12.9. The topological polar surface area (TPSA) is 59.8 Å². The summed E-state index contributed by atoms with van der Waals surface area (Å²) in [6.45, 7) is 0.415. The van der Waals surface area contributed by atoms with Gasteiger partial charge in [-0.25, -0.2) is 4.68 Å². The number of amides is 1. The Morgan fingerprint density at radius 2 is 1.68 bits per heavy atom. The summed E-state index contributed by atoms with van der Waals surface area (Å²) in [5, 5.41) is 8.25. The van der Waals surface area contributed by atoms with Crippen LogP contribution in [0.25, 0.3) is 16.9 Å². The minimum atomic E-state index is -0.191. The molecule has 1 N–H and O–H groups in total. The van der Waals surface area contributed by atoms with Crippen LogP contribution >= 0.6 is 11.6 Å². The highest BCUT2D eigenvalue weighted by molar-refractivity contribution is 6.30. The number of para-hydroxylation sites is 1. The molecule has 0 aliphatic heterocycles. The summed E-state index contributed by atoms with van der Waals surface area (Å²) in [7, 11) is 0. The average Bonchev–Trinajstić information content (AvgIpc) is 3.19. The molecule has 5 nitrogen and oxygen atoms in total. The number of nitrogens with zero attached hydrogens (tertiary/aromatic N) is 3. The van der Waals surface area contributed by atoms with Crippen molar-refractivity contribution in [3.63, 3.8) is 0 Å². The summed E-state index contributed by atoms with van der Waals surface area (Å²) in [5.74, 6) is -0.191. The fourth-order valence-corrected chi connectivity index (χ4v) is 2.98. The quantitative estimate of drug-likeness (QED) is 0.547. The van der Waals surface area contributed by atoms with Gasteiger partial charge in [0.25, 0.3) is 5.91 Å². The van der Waals surface area contributed by atoms with Crippen LogP contribution in [0.5, 0.6) is 0 Å². The van der Waals surface area contributed by atoms with Crippen molar-refractivity contribution in [2.45, 2.75) is 6.54 Å². The van der Waals surface area contributed by atoms with Gasteiger partial charge in [0.05, 0.1) is 11.3 Å². The van der Waals surface area contributed by atoms with Gasteiger partial charge in [-0.1, -0.05) is 41.9 Å². The van der Waals surface area contributed by atoms with Crippen molar-refractivity contribution >= 4 is 17.5 Å². The van der Waals surface area contributed by atoms with E-state index in [0.717, 1.165) is 16.8 Å². The Labute approximate surface area is 167 Å². The van der Waals surface area contributed by atoms with Gasteiger partial charge < -0.3 is 5.32 Å². The number of benzene rings is 2. The number of pyridine rings is 1. The van der Waals surface area contributed by atoms with E-state index in [1.165, 1.54) is 0 Å². The minimum absolute atomic E-state index is 0.191. The van der Waals surface area contributed by atoms with E-state index in [9.17, 15) is 4.79 Å². The van der Waals surface area contributed by atoms with E-state index in [1.807, 2.05) is 54.6 Å². The van der Waals surface area contributed by atoms with Gasteiger partial charge in [-0.05, 0) is 42.0 Å². The second-order valence-electron chi connectivity index (χ2n) is 6.22. The summed E-state index contributed by atoms with van der Waals surface area (Å²) in [6.07, 6.45) is 5.16. The summed E-state index contributed by atoms with van der Waals surface area (Å²) >= 11 is 6.01. The van der Waals surface area contributed by atoms with Crippen molar-refractivity contribution in [3.8, 4) is 16.9 Å². The van der Waals surface area contributed by atoms with E-state index < -0.39 is 0 Å². The lowest BCUT2D eigenvalue weighted by Gasteiger charge is -2.05. The first-order valence-electron chi connectivity index (χ1n) is 8.79. The van der Waals surface area contributed by atoms with Crippen molar-refractivity contribution in [2.75, 3.05) is 0 Å². The number of nitrogens with one attached hydrogen (secondary N) is 1. The zero-order valence-corrected chi connectivity index (χ0v) is 15.7. The van der Waals surface area contributed by atoms with Crippen molar-refractivity contribution in [1.29, 1.82) is 0 Å². The van der Waals surface area contributed by atoms with E-state index in [1.54, 1.807) is 35.4 Å². The Hall–Kier alpha value is -3.44. The molecular formula is C22H17ClN4O. The highest BCUT2D eigenvalue weighted by atomic mass is 35.5. The lowest BCUT2D eigenvalue weighted by molar-refractivity contribution is 0.0951. The lowest BCUT2D eigenvalue weighted by atomic mass is 10.1. The van der Waals surface area contributed by atoms with Gasteiger partial charge in [0.15, 0.2) is 0 Å². The Morgan fingerprint density at radius 3 is 2.39 bits per heavy atom. The van der Waals surface area contributed by atoms with Gasteiger partial charge in [0.2, 0.25) is 0 Å². The van der Waals surface area contributed by atoms with E-state index in [2.05, 4.69) is 15.4 Å². The van der Waals surface area contributed by atoms with Crippen LogP contribution < -0.4 is 5.32 Å². The normalized spacial score (nSPS) is 10.6. The molecule has 4 rings (SSSR count). The summed E-state index contributed by atoms with van der Waals surface area (Å²) in [5.41, 5.74) is 3.79. The molecule has 0 aliphatic rings. The molecule has 2 aromatic carbocycles. The number of carbonyl (C=O) groups excluding carboxylic acids is 1. The molecule has 2 aromatic heterocycles. The highest BCUT2D eigenvalue weighted by Crippen LogP contribution is 2.25. The third kappa shape index (κ3) is 3.94. The number of halogens is 1. The molecule has 6 heteroatoms. The molecule has 4 aromatic rings. The van der Waals surface area contributed by atoms with Crippen molar-refractivity contribution in [2.24, 2.45) is 0 Å². The Bertz CT molecular complexity index is 1080. The molecular weight excluding hydrogens is 372 g/mol. The van der Waals surface area contributed by atoms with Gasteiger partial charge in [-0.15, -0.1) is 0 Å². The SMILES string of the molecule is O=C(NCc1ccncc1)c1cn(-c2ccccc2)nc1-c1ccc(Cl)cc1. The molecule has 0 saturated carbocycles. The van der Waals surface area contributed by atoms with Crippen molar-refractivity contribution < 1.29 is 4.79 Å². The number of hydrogen-bond donors (Lipinski definition) is 1. The molecule has 28 heavy (non-hydrogen) atoms. The van der Waals surface area contributed by atoms with Crippen LogP contribution in [0.15, 0.2) is 85.3 Å². The maximum atomic E-state index is 12.9. The van der Waals surface area contributed by atoms with Gasteiger partial charge in [0.1, 0.15) is 5.69 Å². The van der Waals surface area contributed by atoms with Crippen LogP contribution in [0.4, 0.5) is 0 Å². The molecule has 0 bridgehead atoms. The smallest absolute Gasteiger partial charge is 0.255 e. The van der Waals surface area contributed by atoms with E-state index >= 15 is 0 Å². The van der Waals surface area contributed by atoms with Crippen molar-refractivity contribution in [1.82, 2.24) is 20.1 Å². The number of rotatable bonds is 5. The molecule has 0 fully saturated rings. The largest absolute Gasteiger partial charge is 0.348 e. The molecule has 1 amide bonds. The second-order valence-corrected chi connectivity index (χ2v) is 6.65. The monoisotopic (exact) mass is 388 g/mol. The van der Waals surface area contributed by atoms with Crippen LogP contribution in [0.1, 0.15) is 15.9 Å². The third-order valence-corrected chi connectivity index (χ3v) is 4.55. The van der Waals surface area contributed by atoms with Crippen LogP contribution in [0.3, 0.4) is 0 Å². The van der Waals surface area contributed by atoms with Gasteiger partial charge in [-0.3, -0.25) is 9.78 Å². The first-order valence-corrected chi connectivity index (χ1v) is 9.16. The highest BCUT2D eigenvalue weighted by Gasteiger charge is 2.18. The molecule has 138 valence electrons. The number of carbonyl (C=O) groups is 1. The molecule has 0 unspecified atom stereocenters. The Kier molecular flexibility index (Phi) is 5.17. The lowest BCUT2D eigenvalue weighted by Crippen LogP contribution is -2.23. The van der Waals surface area contributed by atoms with E-state index in [-0.39, 0.29) is 5.91 Å². The van der Waals surface area contributed by atoms with Crippen LogP contribution in [0, 0.1) is 0 Å². The molecule has 0 atom stereocenters. The van der Waals surface area contributed by atoms with Crippen LogP contribution in [-0.2, 0) is 6.54 Å². The molecule has 0 spiro atoms. The summed E-state index contributed by atoms with van der Waals surface area (Å²) in [4.78, 5) is 16.9. The van der Waals surface area contributed by atoms with E-state index in [0.29, 0.717) is 22.8 Å². The first-order chi connectivity index (χ1) is 13.7. The molecule has 0 aliphatic carbocycles. The van der Waals surface area contributed by atoms with Gasteiger partial charge >= 0.3 is 0 Å². The minimum Gasteiger partial charge on any atom is -0.348 e. The van der Waals surface area contributed by atoms with Crippen LogP contribution in [0.2, 0.25) is 5.02 Å². The zero-order valence-electron chi connectivity index (χ0n) is 14.9. The van der Waals surface area contributed by atoms with Crippen LogP contribution in [-0.4, -0.2) is 20.7 Å². The number of hydrogen-bond acceptors (Lipinski definition) is 3. The van der Waals surface area contributed by atoms with Crippen molar-refractivity contribution in [3.05, 3.63) is 101 Å². The summed E-state index contributed by atoms with van der Waals surface area (Å²) < 4.78 is 1.71. The third-order valence-electron chi connectivity index (χ3n) is 4.30. The zero-order chi connectivity index (χ0) is 19.3. The second kappa shape index (κ2) is 8.06. The maximum Gasteiger partial charge on any atom is 0.255 e. The number of aromatic nitrogens is 3. The Morgan fingerprint density at radius 1 is 0.964 bits per heavy atom. The first kappa shape index (κ1) is 17.9.